The van der Waals surface area contributed by atoms with Crippen LogP contribution in [0.2, 0.25) is 5.02 Å². The third-order valence-corrected chi connectivity index (χ3v) is 10.7. The van der Waals surface area contributed by atoms with E-state index in [4.69, 9.17) is 21.6 Å². The summed E-state index contributed by atoms with van der Waals surface area (Å²) >= 11 is 6.12. The Morgan fingerprint density at radius 1 is 1.15 bits per heavy atom. The quantitative estimate of drug-likeness (QED) is 0.613. The van der Waals surface area contributed by atoms with E-state index in [-0.39, 0.29) is 16.9 Å². The molecule has 3 atom stereocenters. The molecular formula is C26H33ClN4O2S. The van der Waals surface area contributed by atoms with E-state index in [0.717, 1.165) is 66.5 Å². The van der Waals surface area contributed by atoms with Crippen molar-refractivity contribution in [2.24, 2.45) is 0 Å². The molecule has 8 heteroatoms. The standard InChI is InChI=1S/C26H33ClN4O2S/c1-25(2)14-21-22(34(25)33)23(30-26(15-32)10-3-11-26)29-24(28-21)31-19-8-9-20(31)13-17(12-19)16-4-6-18(27)7-5-16/h4-7,17,19-20,32H,3,8-15H2,1-2H3,(H,28,29,30)/t17?,19?,20?,34-/m1/s1. The monoisotopic (exact) mass is 500 g/mol. The van der Waals surface area contributed by atoms with Crippen LogP contribution in [0, 0.1) is 0 Å². The first kappa shape index (κ1) is 22.7. The maximum atomic E-state index is 13.4. The minimum Gasteiger partial charge on any atom is -0.394 e. The molecule has 1 aromatic carbocycles. The second kappa shape index (κ2) is 8.17. The molecule has 2 saturated heterocycles. The van der Waals surface area contributed by atoms with Gasteiger partial charge in [-0.15, -0.1) is 0 Å². The smallest absolute Gasteiger partial charge is 0.228 e. The number of nitrogens with zero attached hydrogens (tertiary/aromatic N) is 3. The first-order chi connectivity index (χ1) is 16.3. The third-order valence-electron chi connectivity index (χ3n) is 8.51. The van der Waals surface area contributed by atoms with Crippen molar-refractivity contribution < 1.29 is 9.32 Å². The molecule has 4 aliphatic rings. The number of aliphatic hydroxyl groups is 1. The summed E-state index contributed by atoms with van der Waals surface area (Å²) in [6.45, 7) is 4.15. The van der Waals surface area contributed by atoms with Gasteiger partial charge in [0.25, 0.3) is 0 Å². The molecule has 182 valence electrons. The number of hydrogen-bond donors (Lipinski definition) is 2. The van der Waals surface area contributed by atoms with Crippen molar-refractivity contribution >= 4 is 34.2 Å². The second-order valence-electron chi connectivity index (χ2n) is 11.3. The average molecular weight is 501 g/mol. The van der Waals surface area contributed by atoms with Gasteiger partial charge in [-0.25, -0.2) is 4.98 Å². The van der Waals surface area contributed by atoms with Crippen LogP contribution < -0.4 is 10.2 Å². The zero-order chi connectivity index (χ0) is 23.7. The Balaban J connectivity index is 1.34. The predicted molar refractivity (Wildman–Crippen MR) is 136 cm³/mol. The molecule has 2 aromatic rings. The van der Waals surface area contributed by atoms with Crippen molar-refractivity contribution in [2.75, 3.05) is 16.8 Å². The maximum Gasteiger partial charge on any atom is 0.228 e. The highest BCUT2D eigenvalue weighted by Gasteiger charge is 2.46. The highest BCUT2D eigenvalue weighted by Crippen LogP contribution is 2.47. The Morgan fingerprint density at radius 2 is 1.82 bits per heavy atom. The molecule has 0 spiro atoms. The molecule has 0 amide bonds. The highest BCUT2D eigenvalue weighted by molar-refractivity contribution is 7.87. The van der Waals surface area contributed by atoms with Crippen molar-refractivity contribution in [3.8, 4) is 0 Å². The van der Waals surface area contributed by atoms with Gasteiger partial charge in [-0.1, -0.05) is 23.7 Å². The van der Waals surface area contributed by atoms with E-state index in [2.05, 4.69) is 22.3 Å². The highest BCUT2D eigenvalue weighted by atomic mass is 35.5. The van der Waals surface area contributed by atoms with Gasteiger partial charge in [-0.05, 0) is 82.4 Å². The predicted octanol–water partition coefficient (Wildman–Crippen LogP) is 4.81. The minimum absolute atomic E-state index is 0.0644. The Morgan fingerprint density at radius 3 is 2.41 bits per heavy atom. The summed E-state index contributed by atoms with van der Waals surface area (Å²) in [7, 11) is -1.18. The third kappa shape index (κ3) is 3.66. The van der Waals surface area contributed by atoms with Crippen LogP contribution in [0.3, 0.4) is 0 Å². The topological polar surface area (TPSA) is 78.3 Å². The number of anilines is 2. The van der Waals surface area contributed by atoms with Gasteiger partial charge >= 0.3 is 0 Å². The van der Waals surface area contributed by atoms with Crippen LogP contribution in [0.25, 0.3) is 0 Å². The van der Waals surface area contributed by atoms with Gasteiger partial charge in [0.1, 0.15) is 10.7 Å². The number of nitrogens with one attached hydrogen (secondary N) is 1. The van der Waals surface area contributed by atoms with Gasteiger partial charge in [0.15, 0.2) is 0 Å². The number of halogens is 1. The molecule has 34 heavy (non-hydrogen) atoms. The lowest BCUT2D eigenvalue weighted by Crippen LogP contribution is -2.49. The van der Waals surface area contributed by atoms with Gasteiger partial charge in [-0.3, -0.25) is 4.21 Å². The molecule has 6 nitrogen and oxygen atoms in total. The van der Waals surface area contributed by atoms with Crippen LogP contribution in [-0.2, 0) is 17.2 Å². The van der Waals surface area contributed by atoms with E-state index >= 15 is 0 Å². The fraction of sp³-hybridized carbons (Fsp3) is 0.615. The Hall–Kier alpha value is -1.70. The van der Waals surface area contributed by atoms with Crippen molar-refractivity contribution in [1.82, 2.24) is 9.97 Å². The minimum atomic E-state index is -1.18. The van der Waals surface area contributed by atoms with Crippen LogP contribution in [0.5, 0.6) is 0 Å². The van der Waals surface area contributed by atoms with Crippen molar-refractivity contribution in [3.63, 3.8) is 0 Å². The lowest BCUT2D eigenvalue weighted by atomic mass is 9.77. The molecule has 0 radical (unpaired) electrons. The van der Waals surface area contributed by atoms with Crippen molar-refractivity contribution in [1.29, 1.82) is 0 Å². The van der Waals surface area contributed by atoms with Crippen LogP contribution in [0.4, 0.5) is 11.8 Å². The van der Waals surface area contributed by atoms with Gasteiger partial charge in [0.2, 0.25) is 5.95 Å². The summed E-state index contributed by atoms with van der Waals surface area (Å²) in [6, 6.07) is 9.13. The fourth-order valence-corrected chi connectivity index (χ4v) is 7.98. The number of rotatable bonds is 5. The number of aliphatic hydroxyl groups excluding tert-OH is 1. The number of piperidine rings is 1. The first-order valence-electron chi connectivity index (χ1n) is 12.5. The molecule has 1 saturated carbocycles. The van der Waals surface area contributed by atoms with Gasteiger partial charge in [0.05, 0.1) is 33.4 Å². The van der Waals surface area contributed by atoms with Crippen LogP contribution in [0.1, 0.15) is 76.0 Å². The van der Waals surface area contributed by atoms with Gasteiger partial charge in [0, 0.05) is 23.5 Å². The zero-order valence-electron chi connectivity index (χ0n) is 19.9. The molecular weight excluding hydrogens is 468 g/mol. The number of benzene rings is 1. The molecule has 3 aliphatic heterocycles. The van der Waals surface area contributed by atoms with Crippen LogP contribution >= 0.6 is 11.6 Å². The molecule has 2 bridgehead atoms. The molecule has 6 rings (SSSR count). The van der Waals surface area contributed by atoms with Crippen LogP contribution in [-0.4, -0.2) is 48.3 Å². The summed E-state index contributed by atoms with van der Waals surface area (Å²) in [6.07, 6.45) is 8.05. The number of fused-ring (bicyclic) bond motifs is 3. The lowest BCUT2D eigenvalue weighted by Gasteiger charge is -2.42. The van der Waals surface area contributed by atoms with E-state index in [0.29, 0.717) is 30.2 Å². The summed E-state index contributed by atoms with van der Waals surface area (Å²) in [5, 5.41) is 14.4. The van der Waals surface area contributed by atoms with Gasteiger partial charge in [-0.2, -0.15) is 4.98 Å². The first-order valence-corrected chi connectivity index (χ1v) is 14.1. The number of hydrogen-bond acceptors (Lipinski definition) is 6. The zero-order valence-corrected chi connectivity index (χ0v) is 21.5. The lowest BCUT2D eigenvalue weighted by molar-refractivity contribution is 0.143. The van der Waals surface area contributed by atoms with E-state index in [1.165, 1.54) is 5.56 Å². The molecule has 3 fully saturated rings. The Bertz CT molecular complexity index is 1110. The van der Waals surface area contributed by atoms with Crippen LogP contribution in [0.15, 0.2) is 29.2 Å². The van der Waals surface area contributed by atoms with E-state index in [1.54, 1.807) is 0 Å². The molecule has 2 N–H and O–H groups in total. The molecule has 4 heterocycles. The molecule has 1 aliphatic carbocycles. The second-order valence-corrected chi connectivity index (χ2v) is 13.8. The average Bonchev–Trinajstić information content (AvgIpc) is 3.18. The van der Waals surface area contributed by atoms with E-state index < -0.39 is 10.8 Å². The van der Waals surface area contributed by atoms with E-state index in [1.807, 2.05) is 26.0 Å². The van der Waals surface area contributed by atoms with Crippen molar-refractivity contribution in [3.05, 3.63) is 40.5 Å². The fourth-order valence-electron chi connectivity index (χ4n) is 6.43. The summed E-state index contributed by atoms with van der Waals surface area (Å²) in [5.74, 6) is 1.97. The van der Waals surface area contributed by atoms with Crippen molar-refractivity contribution in [2.45, 2.75) is 98.4 Å². The summed E-state index contributed by atoms with van der Waals surface area (Å²) in [4.78, 5) is 13.3. The summed E-state index contributed by atoms with van der Waals surface area (Å²) < 4.78 is 13.0. The summed E-state index contributed by atoms with van der Waals surface area (Å²) in [5.41, 5.74) is 1.92. The normalized spacial score (nSPS) is 30.6. The molecule has 1 aromatic heterocycles. The number of aromatic nitrogens is 2. The largest absolute Gasteiger partial charge is 0.394 e. The van der Waals surface area contributed by atoms with E-state index in [9.17, 15) is 9.32 Å². The Kier molecular flexibility index (Phi) is 5.47. The Labute approximate surface area is 209 Å². The SMILES string of the molecule is CC1(C)Cc2nc(N3C4CCC3CC(c3ccc(Cl)cc3)C4)nc(NC3(CO)CCC3)c2[S@]1=O. The molecule has 2 unspecified atom stereocenters. The maximum absolute atomic E-state index is 13.4. The van der Waals surface area contributed by atoms with Gasteiger partial charge < -0.3 is 15.3 Å².